The molecule has 106 valence electrons. The molecule has 2 N–H and O–H groups in total. The second-order valence-corrected chi connectivity index (χ2v) is 4.44. The molecule has 0 aliphatic carbocycles. The van der Waals surface area contributed by atoms with Crippen molar-refractivity contribution in [3.8, 4) is 5.75 Å². The molecule has 5 nitrogen and oxygen atoms in total. The first-order chi connectivity index (χ1) is 9.65. The summed E-state index contributed by atoms with van der Waals surface area (Å²) >= 11 is 0. The van der Waals surface area contributed by atoms with Gasteiger partial charge in [0.2, 0.25) is 5.91 Å². The van der Waals surface area contributed by atoms with Crippen LogP contribution < -0.4 is 15.4 Å². The van der Waals surface area contributed by atoms with E-state index >= 15 is 0 Å². The van der Waals surface area contributed by atoms with E-state index in [1.165, 1.54) is 0 Å². The summed E-state index contributed by atoms with van der Waals surface area (Å²) in [7, 11) is 1.58. The number of furan rings is 1. The summed E-state index contributed by atoms with van der Waals surface area (Å²) < 4.78 is 10.6. The van der Waals surface area contributed by atoms with Crippen molar-refractivity contribution in [3.05, 3.63) is 47.9 Å². The minimum absolute atomic E-state index is 0.0716. The van der Waals surface area contributed by atoms with Gasteiger partial charge in [-0.25, -0.2) is 0 Å². The summed E-state index contributed by atoms with van der Waals surface area (Å²) in [5.74, 6) is 1.13. The molecule has 0 unspecified atom stereocenters. The van der Waals surface area contributed by atoms with Crippen LogP contribution in [0.3, 0.4) is 0 Å². The zero-order chi connectivity index (χ0) is 14.5. The first-order valence-electron chi connectivity index (χ1n) is 6.33. The number of carbonyl (C=O) groups is 1. The van der Waals surface area contributed by atoms with Crippen molar-refractivity contribution in [2.45, 2.75) is 13.5 Å². The molecule has 0 bridgehead atoms. The molecule has 0 fully saturated rings. The van der Waals surface area contributed by atoms with Crippen LogP contribution in [0.4, 0.5) is 5.69 Å². The third-order valence-corrected chi connectivity index (χ3v) is 2.99. The summed E-state index contributed by atoms with van der Waals surface area (Å²) in [6.45, 7) is 2.21. The van der Waals surface area contributed by atoms with Crippen LogP contribution in [0, 0.1) is 6.92 Å². The zero-order valence-electron chi connectivity index (χ0n) is 11.6. The maximum Gasteiger partial charge on any atom is 0.241 e. The van der Waals surface area contributed by atoms with Crippen LogP contribution in [0.15, 0.2) is 41.0 Å². The van der Waals surface area contributed by atoms with Gasteiger partial charge in [0.25, 0.3) is 0 Å². The highest BCUT2D eigenvalue weighted by molar-refractivity contribution is 5.96. The van der Waals surface area contributed by atoms with Gasteiger partial charge < -0.3 is 19.8 Å². The fourth-order valence-corrected chi connectivity index (χ4v) is 1.99. The Morgan fingerprint density at radius 3 is 2.80 bits per heavy atom. The third-order valence-electron chi connectivity index (χ3n) is 2.99. The van der Waals surface area contributed by atoms with Crippen LogP contribution in [-0.4, -0.2) is 19.6 Å². The molecule has 0 aliphatic rings. The second kappa shape index (κ2) is 6.25. The summed E-state index contributed by atoms with van der Waals surface area (Å²) in [4.78, 5) is 13.7. The highest BCUT2D eigenvalue weighted by Gasteiger charge is 2.20. The van der Waals surface area contributed by atoms with E-state index in [2.05, 4.69) is 0 Å². The molecule has 20 heavy (non-hydrogen) atoms. The Bertz CT molecular complexity index is 579. The monoisotopic (exact) mass is 274 g/mol. The van der Waals surface area contributed by atoms with E-state index < -0.39 is 0 Å². The number of benzene rings is 1. The SMILES string of the molecule is COc1ccc(C)cc1N(Cc1ccco1)C(=O)CN. The van der Waals surface area contributed by atoms with E-state index in [9.17, 15) is 4.79 Å². The van der Waals surface area contributed by atoms with E-state index in [4.69, 9.17) is 14.9 Å². The smallest absolute Gasteiger partial charge is 0.241 e. The van der Waals surface area contributed by atoms with E-state index in [-0.39, 0.29) is 12.5 Å². The molecular weight excluding hydrogens is 256 g/mol. The van der Waals surface area contributed by atoms with Gasteiger partial charge in [0, 0.05) is 0 Å². The molecule has 0 aliphatic heterocycles. The van der Waals surface area contributed by atoms with Crippen molar-refractivity contribution >= 4 is 11.6 Å². The molecule has 0 spiro atoms. The number of nitrogens with two attached hydrogens (primary N) is 1. The fourth-order valence-electron chi connectivity index (χ4n) is 1.99. The fraction of sp³-hybridized carbons (Fsp3) is 0.267. The summed E-state index contributed by atoms with van der Waals surface area (Å²) in [6.07, 6.45) is 1.58. The molecule has 2 rings (SSSR count). The predicted octanol–water partition coefficient (Wildman–Crippen LogP) is 2.09. The summed E-state index contributed by atoms with van der Waals surface area (Å²) in [6, 6.07) is 9.27. The van der Waals surface area contributed by atoms with Crippen LogP contribution in [0.1, 0.15) is 11.3 Å². The molecule has 2 aromatic rings. The van der Waals surface area contributed by atoms with Gasteiger partial charge in [-0.2, -0.15) is 0 Å². The molecule has 5 heteroatoms. The van der Waals surface area contributed by atoms with E-state index in [0.29, 0.717) is 23.7 Å². The molecule has 0 saturated carbocycles. The van der Waals surface area contributed by atoms with Crippen LogP contribution >= 0.6 is 0 Å². The van der Waals surface area contributed by atoms with Crippen molar-refractivity contribution in [1.29, 1.82) is 0 Å². The van der Waals surface area contributed by atoms with Gasteiger partial charge in [0.15, 0.2) is 0 Å². The van der Waals surface area contributed by atoms with Crippen LogP contribution in [-0.2, 0) is 11.3 Å². The maximum absolute atomic E-state index is 12.1. The quantitative estimate of drug-likeness (QED) is 0.906. The van der Waals surface area contributed by atoms with Crippen molar-refractivity contribution in [1.82, 2.24) is 0 Å². The Morgan fingerprint density at radius 1 is 1.40 bits per heavy atom. The summed E-state index contributed by atoms with van der Waals surface area (Å²) in [5.41, 5.74) is 7.24. The molecule has 1 aromatic heterocycles. The number of aryl methyl sites for hydroxylation is 1. The predicted molar refractivity (Wildman–Crippen MR) is 76.7 cm³/mol. The number of hydrogen-bond acceptors (Lipinski definition) is 4. The standard InChI is InChI=1S/C15H18N2O3/c1-11-5-6-14(19-2)13(8-11)17(15(18)9-16)10-12-4-3-7-20-12/h3-8H,9-10,16H2,1-2H3. The number of rotatable bonds is 5. The van der Waals surface area contributed by atoms with E-state index in [1.54, 1.807) is 24.3 Å². The van der Waals surface area contributed by atoms with Crippen LogP contribution in [0.25, 0.3) is 0 Å². The summed E-state index contributed by atoms with van der Waals surface area (Å²) in [5, 5.41) is 0. The Labute approximate surface area is 117 Å². The molecule has 1 heterocycles. The van der Waals surface area contributed by atoms with Crippen molar-refractivity contribution in [2.75, 3.05) is 18.6 Å². The molecule has 1 amide bonds. The molecule has 0 atom stereocenters. The topological polar surface area (TPSA) is 68.7 Å². The van der Waals surface area contributed by atoms with Gasteiger partial charge >= 0.3 is 0 Å². The molecular formula is C15H18N2O3. The van der Waals surface area contributed by atoms with Crippen molar-refractivity contribution in [2.24, 2.45) is 5.73 Å². The minimum Gasteiger partial charge on any atom is -0.495 e. The van der Waals surface area contributed by atoms with Crippen LogP contribution in [0.5, 0.6) is 5.75 Å². The van der Waals surface area contributed by atoms with Gasteiger partial charge in [-0.1, -0.05) is 6.07 Å². The largest absolute Gasteiger partial charge is 0.495 e. The number of hydrogen-bond donors (Lipinski definition) is 1. The Hall–Kier alpha value is -2.27. The third kappa shape index (κ3) is 3.00. The number of nitrogens with zero attached hydrogens (tertiary/aromatic N) is 1. The Balaban J connectivity index is 2.40. The second-order valence-electron chi connectivity index (χ2n) is 4.44. The van der Waals surface area contributed by atoms with E-state index in [1.807, 2.05) is 31.2 Å². The number of amides is 1. The van der Waals surface area contributed by atoms with Crippen molar-refractivity contribution in [3.63, 3.8) is 0 Å². The van der Waals surface area contributed by atoms with Crippen LogP contribution in [0.2, 0.25) is 0 Å². The lowest BCUT2D eigenvalue weighted by molar-refractivity contribution is -0.117. The Morgan fingerprint density at radius 2 is 2.20 bits per heavy atom. The van der Waals surface area contributed by atoms with Gasteiger partial charge in [-0.05, 0) is 36.8 Å². The Kier molecular flexibility index (Phi) is 4.42. The van der Waals surface area contributed by atoms with Gasteiger partial charge in [-0.15, -0.1) is 0 Å². The normalized spacial score (nSPS) is 10.3. The highest BCUT2D eigenvalue weighted by atomic mass is 16.5. The lowest BCUT2D eigenvalue weighted by Crippen LogP contribution is -2.35. The number of anilines is 1. The average Bonchev–Trinajstić information content (AvgIpc) is 2.97. The average molecular weight is 274 g/mol. The number of carbonyl (C=O) groups excluding carboxylic acids is 1. The molecule has 0 radical (unpaired) electrons. The molecule has 1 aromatic carbocycles. The minimum atomic E-state index is -0.190. The first-order valence-corrected chi connectivity index (χ1v) is 6.33. The number of ether oxygens (including phenoxy) is 1. The van der Waals surface area contributed by atoms with E-state index in [0.717, 1.165) is 5.56 Å². The highest BCUT2D eigenvalue weighted by Crippen LogP contribution is 2.30. The van der Waals surface area contributed by atoms with Gasteiger partial charge in [0.05, 0.1) is 32.1 Å². The van der Waals surface area contributed by atoms with Crippen molar-refractivity contribution < 1.29 is 13.9 Å². The lowest BCUT2D eigenvalue weighted by atomic mass is 10.2. The molecule has 0 saturated heterocycles. The first kappa shape index (κ1) is 14.1. The maximum atomic E-state index is 12.1. The zero-order valence-corrected chi connectivity index (χ0v) is 11.6. The lowest BCUT2D eigenvalue weighted by Gasteiger charge is -2.23. The van der Waals surface area contributed by atoms with Gasteiger partial charge in [0.1, 0.15) is 11.5 Å². The number of methoxy groups -OCH3 is 1. The van der Waals surface area contributed by atoms with Gasteiger partial charge in [-0.3, -0.25) is 4.79 Å².